The van der Waals surface area contributed by atoms with E-state index in [2.05, 4.69) is 11.4 Å². The molecule has 2 aromatic rings. The van der Waals surface area contributed by atoms with Crippen molar-refractivity contribution in [3.05, 3.63) is 53.3 Å². The van der Waals surface area contributed by atoms with E-state index in [1.165, 1.54) is 17.8 Å². The predicted octanol–water partition coefficient (Wildman–Crippen LogP) is 4.47. The minimum Gasteiger partial charge on any atom is -0.352 e. The summed E-state index contributed by atoms with van der Waals surface area (Å²) in [6.07, 6.45) is 1.91. The molecule has 0 bridgehead atoms. The monoisotopic (exact) mass is 272 g/mol. The molecule has 0 radical (unpaired) electrons. The van der Waals surface area contributed by atoms with E-state index >= 15 is 0 Å². The standard InChI is InChI=1S/C15H13FN2S/c1-10-5-3-6-12(16)15(10)18-13-7-4-8-14(19-2)11(13)9-17/h3-8,18H,1-2H3. The maximum absolute atomic E-state index is 13.8. The average Bonchev–Trinajstić information content (AvgIpc) is 2.42. The minimum atomic E-state index is -0.321. The molecule has 4 heteroatoms. The first-order valence-electron chi connectivity index (χ1n) is 5.76. The normalized spacial score (nSPS) is 10.0. The molecule has 0 unspecified atom stereocenters. The lowest BCUT2D eigenvalue weighted by atomic mass is 10.1. The molecule has 0 fully saturated rings. The fraction of sp³-hybridized carbons (Fsp3) is 0.133. The van der Waals surface area contributed by atoms with Gasteiger partial charge in [0.25, 0.3) is 0 Å². The first-order valence-corrected chi connectivity index (χ1v) is 6.99. The highest BCUT2D eigenvalue weighted by Crippen LogP contribution is 2.30. The Balaban J connectivity index is 2.48. The lowest BCUT2D eigenvalue weighted by Crippen LogP contribution is -1.99. The molecule has 0 atom stereocenters. The number of hydrogen-bond donors (Lipinski definition) is 1. The van der Waals surface area contributed by atoms with E-state index in [0.29, 0.717) is 16.9 Å². The van der Waals surface area contributed by atoms with Crippen molar-refractivity contribution in [2.24, 2.45) is 0 Å². The molecule has 0 heterocycles. The van der Waals surface area contributed by atoms with Crippen LogP contribution in [0.25, 0.3) is 0 Å². The van der Waals surface area contributed by atoms with E-state index < -0.39 is 0 Å². The average molecular weight is 272 g/mol. The van der Waals surface area contributed by atoms with Gasteiger partial charge in [-0.05, 0) is 36.9 Å². The fourth-order valence-electron chi connectivity index (χ4n) is 1.85. The Labute approximate surface area is 116 Å². The molecule has 2 aromatic carbocycles. The zero-order valence-corrected chi connectivity index (χ0v) is 11.5. The van der Waals surface area contributed by atoms with Gasteiger partial charge < -0.3 is 5.32 Å². The van der Waals surface area contributed by atoms with Crippen LogP contribution in [0.4, 0.5) is 15.8 Å². The Morgan fingerprint density at radius 2 is 1.95 bits per heavy atom. The molecule has 0 aliphatic heterocycles. The summed E-state index contributed by atoms with van der Waals surface area (Å²) in [6, 6.07) is 12.6. The lowest BCUT2D eigenvalue weighted by Gasteiger charge is -2.13. The third-order valence-electron chi connectivity index (χ3n) is 2.84. The number of halogens is 1. The zero-order valence-electron chi connectivity index (χ0n) is 10.7. The van der Waals surface area contributed by atoms with Crippen molar-refractivity contribution in [3.63, 3.8) is 0 Å². The topological polar surface area (TPSA) is 35.8 Å². The van der Waals surface area contributed by atoms with Gasteiger partial charge in [0.1, 0.15) is 11.9 Å². The largest absolute Gasteiger partial charge is 0.352 e. The van der Waals surface area contributed by atoms with Crippen LogP contribution >= 0.6 is 11.8 Å². The molecule has 0 saturated carbocycles. The van der Waals surface area contributed by atoms with Crippen molar-refractivity contribution in [2.75, 3.05) is 11.6 Å². The molecule has 0 aromatic heterocycles. The van der Waals surface area contributed by atoms with Crippen LogP contribution in [0, 0.1) is 24.1 Å². The van der Waals surface area contributed by atoms with Crippen molar-refractivity contribution in [3.8, 4) is 6.07 Å². The van der Waals surface area contributed by atoms with Gasteiger partial charge in [-0.25, -0.2) is 4.39 Å². The van der Waals surface area contributed by atoms with Crippen LogP contribution in [0.2, 0.25) is 0 Å². The fourth-order valence-corrected chi connectivity index (χ4v) is 2.42. The maximum atomic E-state index is 13.8. The second-order valence-corrected chi connectivity index (χ2v) is 4.90. The molecule has 0 saturated heterocycles. The number of anilines is 2. The van der Waals surface area contributed by atoms with Gasteiger partial charge in [-0.3, -0.25) is 0 Å². The molecule has 0 aliphatic rings. The molecule has 2 nitrogen and oxygen atoms in total. The molecular weight excluding hydrogens is 259 g/mol. The summed E-state index contributed by atoms with van der Waals surface area (Å²) >= 11 is 1.50. The Morgan fingerprint density at radius 1 is 1.21 bits per heavy atom. The van der Waals surface area contributed by atoms with Crippen molar-refractivity contribution in [1.82, 2.24) is 0 Å². The Hall–Kier alpha value is -1.99. The summed E-state index contributed by atoms with van der Waals surface area (Å²) in [5.41, 5.74) is 2.39. The third-order valence-corrected chi connectivity index (χ3v) is 3.62. The molecule has 1 N–H and O–H groups in total. The van der Waals surface area contributed by atoms with E-state index in [1.807, 2.05) is 31.4 Å². The van der Waals surface area contributed by atoms with Crippen molar-refractivity contribution in [2.45, 2.75) is 11.8 Å². The first kappa shape index (κ1) is 13.4. The van der Waals surface area contributed by atoms with Crippen molar-refractivity contribution >= 4 is 23.1 Å². The molecule has 0 spiro atoms. The van der Waals surface area contributed by atoms with E-state index in [-0.39, 0.29) is 5.82 Å². The molecule has 19 heavy (non-hydrogen) atoms. The van der Waals surface area contributed by atoms with Gasteiger partial charge in [0.05, 0.1) is 16.9 Å². The van der Waals surface area contributed by atoms with Gasteiger partial charge in [-0.1, -0.05) is 18.2 Å². The van der Waals surface area contributed by atoms with Gasteiger partial charge in [0.2, 0.25) is 0 Å². The highest BCUT2D eigenvalue weighted by Gasteiger charge is 2.11. The second-order valence-electron chi connectivity index (χ2n) is 4.05. The summed E-state index contributed by atoms with van der Waals surface area (Å²) in [7, 11) is 0. The predicted molar refractivity (Wildman–Crippen MR) is 77.4 cm³/mol. The molecule has 2 rings (SSSR count). The molecule has 0 aliphatic carbocycles. The summed E-state index contributed by atoms with van der Waals surface area (Å²) < 4.78 is 13.8. The van der Waals surface area contributed by atoms with E-state index in [1.54, 1.807) is 12.1 Å². The van der Waals surface area contributed by atoms with Crippen LogP contribution < -0.4 is 5.32 Å². The summed E-state index contributed by atoms with van der Waals surface area (Å²) in [5.74, 6) is -0.321. The van der Waals surface area contributed by atoms with Crippen molar-refractivity contribution in [1.29, 1.82) is 5.26 Å². The minimum absolute atomic E-state index is 0.321. The van der Waals surface area contributed by atoms with Crippen molar-refractivity contribution < 1.29 is 4.39 Å². The molecular formula is C15H13FN2S. The van der Waals surface area contributed by atoms with Gasteiger partial charge in [-0.2, -0.15) is 5.26 Å². The third kappa shape index (κ3) is 2.72. The van der Waals surface area contributed by atoms with Crippen LogP contribution in [0.1, 0.15) is 11.1 Å². The second kappa shape index (κ2) is 5.77. The lowest BCUT2D eigenvalue weighted by molar-refractivity contribution is 0.631. The zero-order chi connectivity index (χ0) is 13.8. The number of thioether (sulfide) groups is 1. The Bertz CT molecular complexity index is 627. The Morgan fingerprint density at radius 3 is 2.58 bits per heavy atom. The van der Waals surface area contributed by atoms with E-state index in [4.69, 9.17) is 0 Å². The summed E-state index contributed by atoms with van der Waals surface area (Å²) in [4.78, 5) is 0.876. The van der Waals surface area contributed by atoms with E-state index in [9.17, 15) is 9.65 Å². The maximum Gasteiger partial charge on any atom is 0.146 e. The van der Waals surface area contributed by atoms with Crippen LogP contribution in [0.3, 0.4) is 0 Å². The molecule has 0 amide bonds. The van der Waals surface area contributed by atoms with Crippen LogP contribution in [-0.2, 0) is 0 Å². The smallest absolute Gasteiger partial charge is 0.146 e. The number of para-hydroxylation sites is 1. The van der Waals surface area contributed by atoms with E-state index in [0.717, 1.165) is 10.5 Å². The number of aryl methyl sites for hydroxylation is 1. The Kier molecular flexibility index (Phi) is 4.08. The number of nitrogens with zero attached hydrogens (tertiary/aromatic N) is 1. The SMILES string of the molecule is CSc1cccc(Nc2c(C)cccc2F)c1C#N. The van der Waals surface area contributed by atoms with Gasteiger partial charge in [0.15, 0.2) is 0 Å². The number of nitrogens with one attached hydrogen (secondary N) is 1. The van der Waals surface area contributed by atoms with Crippen LogP contribution in [0.5, 0.6) is 0 Å². The number of rotatable bonds is 3. The highest BCUT2D eigenvalue weighted by molar-refractivity contribution is 7.98. The highest BCUT2D eigenvalue weighted by atomic mass is 32.2. The number of nitriles is 1. The quantitative estimate of drug-likeness (QED) is 0.837. The first-order chi connectivity index (χ1) is 9.17. The summed E-state index contributed by atoms with van der Waals surface area (Å²) in [6.45, 7) is 1.83. The number of hydrogen-bond acceptors (Lipinski definition) is 3. The van der Waals surface area contributed by atoms with Crippen LogP contribution in [-0.4, -0.2) is 6.26 Å². The van der Waals surface area contributed by atoms with Gasteiger partial charge >= 0.3 is 0 Å². The van der Waals surface area contributed by atoms with Gasteiger partial charge in [0, 0.05) is 4.90 Å². The van der Waals surface area contributed by atoms with Crippen LogP contribution in [0.15, 0.2) is 41.3 Å². The summed E-state index contributed by atoms with van der Waals surface area (Å²) in [5, 5.41) is 12.3. The molecule has 96 valence electrons. The van der Waals surface area contributed by atoms with Gasteiger partial charge in [-0.15, -0.1) is 11.8 Å². The number of benzene rings is 2.